The minimum atomic E-state index is -4.45. The summed E-state index contributed by atoms with van der Waals surface area (Å²) < 4.78 is 36.2. The fraction of sp³-hybridized carbons (Fsp3) is 0.0667. The van der Waals surface area contributed by atoms with Crippen LogP contribution in [-0.2, 0) is 4.29 Å². The summed E-state index contributed by atoms with van der Waals surface area (Å²) >= 11 is 2.46. The van der Waals surface area contributed by atoms with Crippen molar-refractivity contribution in [1.82, 2.24) is 0 Å². The molecule has 0 aliphatic carbocycles. The zero-order valence-electron chi connectivity index (χ0n) is 11.2. The zero-order chi connectivity index (χ0) is 15.6. The lowest BCUT2D eigenvalue weighted by Gasteiger charge is -2.15. The van der Waals surface area contributed by atoms with Gasteiger partial charge >= 0.3 is 4.77 Å². The van der Waals surface area contributed by atoms with Crippen molar-refractivity contribution in [3.8, 4) is 0 Å². The monoisotopic (exact) mass is 354 g/mol. The van der Waals surface area contributed by atoms with Crippen LogP contribution in [0.4, 0.5) is 0 Å². The highest BCUT2D eigenvalue weighted by Crippen LogP contribution is 2.55. The van der Waals surface area contributed by atoms with Crippen LogP contribution in [0.5, 0.6) is 0 Å². The van der Waals surface area contributed by atoms with E-state index in [-0.39, 0.29) is 0 Å². The fourth-order valence-electron chi connectivity index (χ4n) is 2.03. The van der Waals surface area contributed by atoms with E-state index in [2.05, 4.69) is 4.29 Å². The van der Waals surface area contributed by atoms with Crippen LogP contribution >= 0.6 is 23.5 Å². The second-order valence-electron chi connectivity index (χ2n) is 4.38. The van der Waals surface area contributed by atoms with E-state index < -0.39 is 15.0 Å². The summed E-state index contributed by atoms with van der Waals surface area (Å²) in [5.74, 6) is 0. The first-order valence-corrected chi connectivity index (χ1v) is 9.30. The lowest BCUT2D eigenvalue weighted by Crippen LogP contribution is -2.61. The van der Waals surface area contributed by atoms with Gasteiger partial charge < -0.3 is 0 Å². The number of halogens is 1. The molecule has 7 heteroatoms. The Morgan fingerprint density at radius 2 is 1.14 bits per heavy atom. The highest BCUT2D eigenvalue weighted by molar-refractivity contribution is 8.29. The van der Waals surface area contributed by atoms with Gasteiger partial charge in [0.2, 0.25) is 0 Å². The van der Waals surface area contributed by atoms with Gasteiger partial charge in [-0.3, -0.25) is 0 Å². The van der Waals surface area contributed by atoms with Crippen molar-refractivity contribution in [2.45, 2.75) is 4.77 Å². The lowest BCUT2D eigenvalue weighted by atomic mass is 10.1. The molecule has 22 heavy (non-hydrogen) atoms. The van der Waals surface area contributed by atoms with Crippen LogP contribution in [0.3, 0.4) is 0 Å². The summed E-state index contributed by atoms with van der Waals surface area (Å²) in [7, 11) is -4.45. The summed E-state index contributed by atoms with van der Waals surface area (Å²) in [5, 5.41) is 0. The minimum Gasteiger partial charge on any atom is -0.183 e. The van der Waals surface area contributed by atoms with Crippen molar-refractivity contribution >= 4 is 33.3 Å². The predicted octanol–water partition coefficient (Wildman–Crippen LogP) is 1.19. The van der Waals surface area contributed by atoms with Crippen LogP contribution in [0.25, 0.3) is 9.81 Å². The Labute approximate surface area is 138 Å². The molecule has 0 saturated heterocycles. The second-order valence-corrected chi connectivity index (χ2v) is 7.76. The molecule has 0 N–H and O–H groups in total. The normalized spacial score (nSPS) is 16.3. The molecule has 0 atom stereocenters. The molecule has 0 bridgehead atoms. The lowest BCUT2D eigenvalue weighted by molar-refractivity contribution is -1.92. The molecule has 2 aromatic carbocycles. The Bertz CT molecular complexity index is 619. The number of thioether (sulfide) groups is 2. The van der Waals surface area contributed by atoms with Crippen molar-refractivity contribution in [3.05, 3.63) is 71.8 Å². The Morgan fingerprint density at radius 1 is 0.727 bits per heavy atom. The van der Waals surface area contributed by atoms with Gasteiger partial charge in [-0.2, -0.15) is 14.0 Å². The quantitative estimate of drug-likeness (QED) is 0.820. The van der Waals surface area contributed by atoms with E-state index >= 15 is 0 Å². The van der Waals surface area contributed by atoms with Crippen molar-refractivity contribution < 1.29 is 28.5 Å². The van der Waals surface area contributed by atoms with Crippen LogP contribution in [-0.4, -0.2) is 4.77 Å². The predicted molar refractivity (Wildman–Crippen MR) is 79.8 cm³/mol. The average molecular weight is 355 g/mol. The van der Waals surface area contributed by atoms with Crippen LogP contribution in [0.2, 0.25) is 0 Å². The maximum Gasteiger partial charge on any atom is 0.314 e. The molecule has 0 spiro atoms. The summed E-state index contributed by atoms with van der Waals surface area (Å²) in [5.41, 5.74) is 1.93. The number of rotatable bonds is 4. The molecule has 0 aromatic heterocycles. The van der Waals surface area contributed by atoms with Crippen LogP contribution in [0.1, 0.15) is 11.1 Å². The Hall–Kier alpha value is -0.990. The SMILES string of the molecule is [O-][Cl+3]([O-])([O-])OC1SC(c2ccccc2)=C(c2ccccc2)S1. The highest BCUT2D eigenvalue weighted by Gasteiger charge is 2.38. The maximum absolute atomic E-state index is 10.8. The first-order valence-electron chi connectivity index (χ1n) is 6.30. The standard InChI is InChI=1S/C15H11ClO4S2/c17-16(18,19)20-15-21-13(11-7-3-1-4-8-11)14(22-15)12-9-5-2-6-10-12/h1-10,15H. The molecule has 1 aliphatic rings. The van der Waals surface area contributed by atoms with Crippen molar-refractivity contribution in [1.29, 1.82) is 0 Å². The van der Waals surface area contributed by atoms with Gasteiger partial charge in [-0.05, 0) is 11.1 Å². The van der Waals surface area contributed by atoms with E-state index in [9.17, 15) is 14.0 Å². The summed E-state index contributed by atoms with van der Waals surface area (Å²) in [6.07, 6.45) is 0. The van der Waals surface area contributed by atoms with Gasteiger partial charge in [-0.25, -0.2) is 0 Å². The highest BCUT2D eigenvalue weighted by atomic mass is 35.7. The molecule has 0 radical (unpaired) electrons. The molecule has 1 heterocycles. The van der Waals surface area contributed by atoms with Gasteiger partial charge in [0, 0.05) is 9.81 Å². The van der Waals surface area contributed by atoms with Crippen molar-refractivity contribution in [3.63, 3.8) is 0 Å². The third-order valence-corrected chi connectivity index (χ3v) is 6.13. The van der Waals surface area contributed by atoms with E-state index in [1.165, 1.54) is 23.5 Å². The molecular weight excluding hydrogens is 344 g/mol. The largest absolute Gasteiger partial charge is 0.314 e. The van der Waals surface area contributed by atoms with Crippen molar-refractivity contribution in [2.24, 2.45) is 0 Å². The molecular formula is C15H11ClO4S2. The summed E-state index contributed by atoms with van der Waals surface area (Å²) in [6.45, 7) is 0. The Morgan fingerprint density at radius 3 is 1.50 bits per heavy atom. The summed E-state index contributed by atoms with van der Waals surface area (Å²) in [6, 6.07) is 19.2. The third kappa shape index (κ3) is 3.85. The molecule has 2 aromatic rings. The van der Waals surface area contributed by atoms with E-state index in [0.29, 0.717) is 0 Å². The molecule has 1 aliphatic heterocycles. The van der Waals surface area contributed by atoms with E-state index in [4.69, 9.17) is 0 Å². The first-order chi connectivity index (χ1) is 10.5. The van der Waals surface area contributed by atoms with Gasteiger partial charge in [-0.1, -0.05) is 84.2 Å². The van der Waals surface area contributed by atoms with Crippen LogP contribution < -0.4 is 14.0 Å². The number of hydrogen-bond donors (Lipinski definition) is 0. The Kier molecular flexibility index (Phi) is 4.79. The second kappa shape index (κ2) is 6.64. The van der Waals surface area contributed by atoms with Gasteiger partial charge in [0.25, 0.3) is 0 Å². The summed E-state index contributed by atoms with van der Waals surface area (Å²) in [4.78, 5) is 1.81. The van der Waals surface area contributed by atoms with Gasteiger partial charge in [0.15, 0.2) is 0 Å². The van der Waals surface area contributed by atoms with Crippen molar-refractivity contribution in [2.75, 3.05) is 0 Å². The molecule has 114 valence electrons. The molecule has 4 nitrogen and oxygen atoms in total. The third-order valence-electron chi connectivity index (χ3n) is 2.89. The smallest absolute Gasteiger partial charge is 0.183 e. The van der Waals surface area contributed by atoms with Gasteiger partial charge in [0.05, 0.1) is 14.5 Å². The van der Waals surface area contributed by atoms with Gasteiger partial charge in [0.1, 0.15) is 0 Å². The van der Waals surface area contributed by atoms with E-state index in [1.807, 2.05) is 60.7 Å². The topological polar surface area (TPSA) is 78.4 Å². The van der Waals surface area contributed by atoms with Gasteiger partial charge in [-0.15, -0.1) is 0 Å². The number of benzene rings is 2. The van der Waals surface area contributed by atoms with Crippen LogP contribution in [0, 0.1) is 10.2 Å². The molecule has 0 fully saturated rings. The minimum absolute atomic E-state index is 0.811. The first kappa shape index (κ1) is 15.9. The zero-order valence-corrected chi connectivity index (χ0v) is 13.6. The number of hydrogen-bond acceptors (Lipinski definition) is 6. The van der Waals surface area contributed by atoms with E-state index in [0.717, 1.165) is 20.9 Å². The van der Waals surface area contributed by atoms with Crippen LogP contribution in [0.15, 0.2) is 60.7 Å². The molecule has 0 amide bonds. The fourth-order valence-corrected chi connectivity index (χ4v) is 5.47. The molecule has 0 unspecified atom stereocenters. The average Bonchev–Trinajstić information content (AvgIpc) is 2.91. The molecule has 0 saturated carbocycles. The Balaban J connectivity index is 1.96. The molecule has 3 rings (SSSR count). The van der Waals surface area contributed by atoms with E-state index in [1.54, 1.807) is 0 Å². The maximum atomic E-state index is 10.8.